The number of thioether (sulfide) groups is 1. The van der Waals surface area contributed by atoms with Crippen LogP contribution < -0.4 is 0 Å². The molecule has 0 saturated carbocycles. The molecule has 1 unspecified atom stereocenters. The number of carbonyl (C=O) groups is 2. The quantitative estimate of drug-likeness (QED) is 0.0612. The minimum absolute atomic E-state index is 0.119. The van der Waals surface area contributed by atoms with E-state index in [1.54, 1.807) is 0 Å². The van der Waals surface area contributed by atoms with Gasteiger partial charge in [0.05, 0.1) is 6.61 Å². The van der Waals surface area contributed by atoms with Crippen LogP contribution in [0.4, 0.5) is 4.79 Å². The van der Waals surface area contributed by atoms with Crippen LogP contribution in [0.3, 0.4) is 0 Å². The highest BCUT2D eigenvalue weighted by Gasteiger charge is 2.52. The third-order valence-electron chi connectivity index (χ3n) is 10.1. The van der Waals surface area contributed by atoms with Gasteiger partial charge < -0.3 is 23.7 Å². The van der Waals surface area contributed by atoms with E-state index in [9.17, 15) is 15.1 Å². The summed E-state index contributed by atoms with van der Waals surface area (Å²) < 4.78 is 31.2. The smallest absolute Gasteiger partial charge is 0.410 e. The van der Waals surface area contributed by atoms with Gasteiger partial charge in [0.1, 0.15) is 42.9 Å². The number of ether oxygens (including phenoxy) is 5. The molecule has 0 N–H and O–H groups in total. The third kappa shape index (κ3) is 7.93. The second kappa shape index (κ2) is 16.9. The Hall–Kier alpha value is -4.84. The fourth-order valence-corrected chi connectivity index (χ4v) is 8.59. The van der Waals surface area contributed by atoms with E-state index >= 15 is 0 Å². The lowest BCUT2D eigenvalue weighted by Crippen LogP contribution is -2.62. The van der Waals surface area contributed by atoms with E-state index in [-0.39, 0.29) is 31.7 Å². The van der Waals surface area contributed by atoms with Crippen LogP contribution in [0.5, 0.6) is 0 Å². The molecule has 1 amide bonds. The van der Waals surface area contributed by atoms with E-state index in [0.29, 0.717) is 12.8 Å². The number of amides is 1. The summed E-state index contributed by atoms with van der Waals surface area (Å²) in [6.07, 6.45) is -2.64. The van der Waals surface area contributed by atoms with Gasteiger partial charge in [-0.25, -0.2) is 4.79 Å². The van der Waals surface area contributed by atoms with Gasteiger partial charge in [-0.1, -0.05) is 128 Å². The van der Waals surface area contributed by atoms with Gasteiger partial charge in [-0.05, 0) is 52.8 Å². The van der Waals surface area contributed by atoms with E-state index in [1.807, 2.05) is 98.8 Å². The van der Waals surface area contributed by atoms with Gasteiger partial charge in [-0.3, -0.25) is 9.69 Å². The molecule has 12 heteroatoms. The predicted octanol–water partition coefficient (Wildman–Crippen LogP) is 8.65. The molecule has 2 saturated heterocycles. The van der Waals surface area contributed by atoms with Crippen LogP contribution in [0.25, 0.3) is 21.6 Å². The highest BCUT2D eigenvalue weighted by atomic mass is 32.2. The van der Waals surface area contributed by atoms with Crippen LogP contribution in [0.2, 0.25) is 0 Å². The van der Waals surface area contributed by atoms with E-state index in [1.165, 1.54) is 16.7 Å². The van der Waals surface area contributed by atoms with E-state index in [4.69, 9.17) is 23.7 Å². The Balaban J connectivity index is 1.12. The van der Waals surface area contributed by atoms with Crippen molar-refractivity contribution < 1.29 is 33.3 Å². The third-order valence-corrected chi connectivity index (χ3v) is 11.2. The molecule has 2 heterocycles. The summed E-state index contributed by atoms with van der Waals surface area (Å²) in [7, 11) is 0. The first-order valence-electron chi connectivity index (χ1n) is 18.0. The fourth-order valence-electron chi connectivity index (χ4n) is 7.46. The molecule has 0 spiro atoms. The maximum Gasteiger partial charge on any atom is 0.410 e. The zero-order valence-corrected chi connectivity index (χ0v) is 30.4. The monoisotopic (exact) mass is 734 g/mol. The first kappa shape index (κ1) is 36.5. The average molecular weight is 735 g/mol. The number of hydrogen-bond acceptors (Lipinski definition) is 9. The number of rotatable bonds is 12. The van der Waals surface area contributed by atoms with Crippen molar-refractivity contribution in [3.05, 3.63) is 136 Å². The standard InChI is InChI=1S/C41H42N4O7S/c1-3-27(4-2)45(41(47)49-24-33-31-21-13-11-19-29(31)30-20-12-14-22-32(30)33)23-35(46)51-38-36(43-44-42)40(53-28-17-9-6-10-18-28)50-34-25-48-39(52-37(34)38)26-15-7-5-8-16-26/h5-22,27,33-34,36-40H,3-4,23-25H2,1-2H3/t34-,36-,37+,38-,39?,40-/m1/s1. The van der Waals surface area contributed by atoms with E-state index in [2.05, 4.69) is 34.3 Å². The molecule has 274 valence electrons. The molecule has 2 aliphatic heterocycles. The molecule has 4 aromatic rings. The Morgan fingerprint density at radius 3 is 2.15 bits per heavy atom. The normalized spacial score (nSPS) is 23.2. The van der Waals surface area contributed by atoms with Gasteiger partial charge in [0.15, 0.2) is 6.29 Å². The van der Waals surface area contributed by atoms with Crippen LogP contribution in [0.15, 0.2) is 119 Å². The lowest BCUT2D eigenvalue weighted by atomic mass is 9.97. The van der Waals surface area contributed by atoms with Crippen molar-refractivity contribution in [2.45, 2.75) is 79.6 Å². The van der Waals surface area contributed by atoms with Gasteiger partial charge in [0.2, 0.25) is 0 Å². The Morgan fingerprint density at radius 1 is 0.887 bits per heavy atom. The number of nitrogens with zero attached hydrogens (tertiary/aromatic N) is 4. The molecule has 4 aromatic carbocycles. The zero-order chi connectivity index (χ0) is 36.7. The number of fused-ring (bicyclic) bond motifs is 4. The molecule has 0 radical (unpaired) electrons. The lowest BCUT2D eigenvalue weighted by molar-refractivity contribution is -0.306. The highest BCUT2D eigenvalue weighted by molar-refractivity contribution is 7.99. The Morgan fingerprint density at radius 2 is 1.51 bits per heavy atom. The average Bonchev–Trinajstić information content (AvgIpc) is 3.52. The van der Waals surface area contributed by atoms with Gasteiger partial charge >= 0.3 is 12.1 Å². The molecule has 7 rings (SSSR count). The van der Waals surface area contributed by atoms with Crippen molar-refractivity contribution in [3.8, 4) is 11.1 Å². The van der Waals surface area contributed by atoms with Crippen molar-refractivity contribution in [1.29, 1.82) is 0 Å². The molecule has 11 nitrogen and oxygen atoms in total. The van der Waals surface area contributed by atoms with Crippen LogP contribution in [-0.2, 0) is 28.5 Å². The minimum atomic E-state index is -1.04. The van der Waals surface area contributed by atoms with Crippen LogP contribution in [0.1, 0.15) is 55.6 Å². The summed E-state index contributed by atoms with van der Waals surface area (Å²) in [4.78, 5) is 33.4. The van der Waals surface area contributed by atoms with Crippen LogP contribution in [0, 0.1) is 0 Å². The van der Waals surface area contributed by atoms with Crippen molar-refractivity contribution in [2.75, 3.05) is 19.8 Å². The topological polar surface area (TPSA) is 132 Å². The molecule has 0 bridgehead atoms. The van der Waals surface area contributed by atoms with Crippen LogP contribution in [-0.4, -0.2) is 72.6 Å². The molecule has 0 aromatic heterocycles. The van der Waals surface area contributed by atoms with E-state index < -0.39 is 48.1 Å². The van der Waals surface area contributed by atoms with E-state index in [0.717, 1.165) is 32.7 Å². The van der Waals surface area contributed by atoms with Crippen molar-refractivity contribution in [3.63, 3.8) is 0 Å². The first-order chi connectivity index (χ1) is 26.0. The number of esters is 1. The zero-order valence-electron chi connectivity index (χ0n) is 29.6. The second-order valence-electron chi connectivity index (χ2n) is 13.2. The van der Waals surface area contributed by atoms with Crippen LogP contribution >= 0.6 is 11.8 Å². The number of azide groups is 1. The van der Waals surface area contributed by atoms with Gasteiger partial charge in [-0.2, -0.15) is 0 Å². The predicted molar refractivity (Wildman–Crippen MR) is 200 cm³/mol. The molecule has 1 aliphatic carbocycles. The number of carbonyl (C=O) groups excluding carboxylic acids is 2. The molecule has 2 fully saturated rings. The Labute approximate surface area is 313 Å². The number of hydrogen-bond donors (Lipinski definition) is 0. The Kier molecular flexibility index (Phi) is 11.6. The van der Waals surface area contributed by atoms with Crippen molar-refractivity contribution in [2.24, 2.45) is 5.11 Å². The van der Waals surface area contributed by atoms with Crippen molar-refractivity contribution in [1.82, 2.24) is 4.90 Å². The second-order valence-corrected chi connectivity index (χ2v) is 14.4. The van der Waals surface area contributed by atoms with Gasteiger partial charge in [0.25, 0.3) is 0 Å². The summed E-state index contributed by atoms with van der Waals surface area (Å²) in [6, 6.07) is 34.1. The number of benzene rings is 4. The molecular formula is C41H42N4O7S. The summed E-state index contributed by atoms with van der Waals surface area (Å²) in [5.41, 5.74) is 14.2. The lowest BCUT2D eigenvalue weighted by Gasteiger charge is -2.47. The molecule has 3 aliphatic rings. The Bertz CT molecular complexity index is 1880. The molecular weight excluding hydrogens is 693 g/mol. The molecule has 53 heavy (non-hydrogen) atoms. The summed E-state index contributed by atoms with van der Waals surface area (Å²) in [5, 5.41) is 4.11. The maximum absolute atomic E-state index is 14.1. The SMILES string of the molecule is CCC(CC)N(CC(=O)O[C@@H]1[C@@H](N=[N+]=[N-])[C@@H](Sc2ccccc2)O[C@@H]2COC(c3ccccc3)O[C@H]12)C(=O)OCC1c2ccccc2-c2ccccc21. The van der Waals surface area contributed by atoms with Crippen molar-refractivity contribution >= 4 is 23.8 Å². The summed E-state index contributed by atoms with van der Waals surface area (Å²) in [6.45, 7) is 3.85. The first-order valence-corrected chi connectivity index (χ1v) is 18.9. The van der Waals surface area contributed by atoms with Gasteiger partial charge in [-0.15, -0.1) is 0 Å². The fraction of sp³-hybridized carbons (Fsp3) is 0.366. The largest absolute Gasteiger partial charge is 0.458 e. The minimum Gasteiger partial charge on any atom is -0.458 e. The highest BCUT2D eigenvalue weighted by Crippen LogP contribution is 2.45. The molecule has 6 atom stereocenters. The van der Waals surface area contributed by atoms with Gasteiger partial charge in [0, 0.05) is 27.3 Å². The maximum atomic E-state index is 14.1. The summed E-state index contributed by atoms with van der Waals surface area (Å²) >= 11 is 1.36. The summed E-state index contributed by atoms with van der Waals surface area (Å²) in [5.74, 6) is -0.808.